The van der Waals surface area contributed by atoms with E-state index in [0.717, 1.165) is 24.3 Å². The lowest BCUT2D eigenvalue weighted by atomic mass is 10.1. The van der Waals surface area contributed by atoms with Crippen molar-refractivity contribution in [2.75, 3.05) is 43.1 Å². The summed E-state index contributed by atoms with van der Waals surface area (Å²) in [5, 5.41) is 19.6. The van der Waals surface area contributed by atoms with Crippen LogP contribution in [0.4, 0.5) is 11.4 Å². The van der Waals surface area contributed by atoms with Crippen molar-refractivity contribution >= 4 is 46.5 Å². The highest BCUT2D eigenvalue weighted by Gasteiger charge is 2.18. The molecule has 0 radical (unpaired) electrons. The molecular formula is C25H26Cl2N4O5. The van der Waals surface area contributed by atoms with Crippen LogP contribution in [0.2, 0.25) is 10.0 Å². The molecule has 1 saturated heterocycles. The molecule has 9 nitrogen and oxygen atoms in total. The second kappa shape index (κ2) is 11.7. The Balaban J connectivity index is 1.38. The average molecular weight is 533 g/mol. The predicted octanol–water partition coefficient (Wildman–Crippen LogP) is 4.55. The molecule has 0 bridgehead atoms. The van der Waals surface area contributed by atoms with E-state index in [2.05, 4.69) is 20.7 Å². The molecule has 11 heteroatoms. The third-order valence-electron chi connectivity index (χ3n) is 5.81. The van der Waals surface area contributed by atoms with E-state index in [1.807, 2.05) is 12.1 Å². The Labute approximate surface area is 218 Å². The van der Waals surface area contributed by atoms with Gasteiger partial charge in [-0.2, -0.15) is 0 Å². The van der Waals surface area contributed by atoms with E-state index in [0.29, 0.717) is 53.4 Å². The summed E-state index contributed by atoms with van der Waals surface area (Å²) in [7, 11) is 0. The molecule has 1 atom stereocenters. The van der Waals surface area contributed by atoms with Crippen LogP contribution in [0, 0.1) is 5.92 Å². The molecule has 190 valence electrons. The SMILES string of the molecule is CC(CNCc1ccc(NC(=O)c2cc(-c3ccc(N4CCOCC4)c(Cl)c3)on2)c(Cl)c1)C(=O)O. The van der Waals surface area contributed by atoms with E-state index < -0.39 is 17.8 Å². The largest absolute Gasteiger partial charge is 0.481 e. The highest BCUT2D eigenvalue weighted by atomic mass is 35.5. The molecule has 3 aromatic rings. The van der Waals surface area contributed by atoms with Gasteiger partial charge < -0.3 is 29.9 Å². The fourth-order valence-electron chi connectivity index (χ4n) is 3.72. The van der Waals surface area contributed by atoms with Crippen molar-refractivity contribution in [2.45, 2.75) is 13.5 Å². The van der Waals surface area contributed by atoms with Crippen molar-refractivity contribution in [1.29, 1.82) is 0 Å². The number of nitrogens with one attached hydrogen (secondary N) is 2. The fraction of sp³-hybridized carbons (Fsp3) is 0.320. The molecule has 4 rings (SSSR count). The van der Waals surface area contributed by atoms with E-state index in [4.69, 9.17) is 37.6 Å². The van der Waals surface area contributed by atoms with E-state index in [1.165, 1.54) is 0 Å². The Morgan fingerprint density at radius 3 is 2.58 bits per heavy atom. The molecule has 0 spiro atoms. The predicted molar refractivity (Wildman–Crippen MR) is 138 cm³/mol. The Bertz CT molecular complexity index is 1240. The molecule has 2 heterocycles. The number of benzene rings is 2. The first-order chi connectivity index (χ1) is 17.3. The number of hydrogen-bond donors (Lipinski definition) is 3. The molecule has 0 aliphatic carbocycles. The monoisotopic (exact) mass is 532 g/mol. The van der Waals surface area contributed by atoms with Gasteiger partial charge in [0.15, 0.2) is 11.5 Å². The minimum absolute atomic E-state index is 0.0999. The van der Waals surface area contributed by atoms with Gasteiger partial charge in [-0.05, 0) is 35.9 Å². The number of carboxylic acid groups (broad SMARTS) is 1. The Morgan fingerprint density at radius 1 is 1.11 bits per heavy atom. The molecule has 2 aromatic carbocycles. The third-order valence-corrected chi connectivity index (χ3v) is 6.43. The number of carbonyl (C=O) groups is 2. The lowest BCUT2D eigenvalue weighted by Gasteiger charge is -2.29. The summed E-state index contributed by atoms with van der Waals surface area (Å²) in [5.41, 5.74) is 3.01. The van der Waals surface area contributed by atoms with Crippen LogP contribution < -0.4 is 15.5 Å². The first-order valence-corrected chi connectivity index (χ1v) is 12.2. The van der Waals surface area contributed by atoms with Crippen molar-refractivity contribution in [2.24, 2.45) is 5.92 Å². The third kappa shape index (κ3) is 6.36. The Hall–Kier alpha value is -3.11. The molecule has 1 aromatic heterocycles. The minimum atomic E-state index is -0.859. The van der Waals surface area contributed by atoms with Crippen molar-refractivity contribution in [3.05, 3.63) is 63.8 Å². The van der Waals surface area contributed by atoms with Crippen molar-refractivity contribution < 1.29 is 24.0 Å². The van der Waals surface area contributed by atoms with Gasteiger partial charge in [-0.1, -0.05) is 41.3 Å². The molecular weight excluding hydrogens is 507 g/mol. The first-order valence-electron chi connectivity index (χ1n) is 11.4. The van der Waals surface area contributed by atoms with Crippen LogP contribution in [0.3, 0.4) is 0 Å². The van der Waals surface area contributed by atoms with Crippen molar-refractivity contribution in [1.82, 2.24) is 10.5 Å². The number of anilines is 2. The van der Waals surface area contributed by atoms with Crippen LogP contribution in [0.15, 0.2) is 47.0 Å². The Kier molecular flexibility index (Phi) is 8.48. The van der Waals surface area contributed by atoms with Crippen LogP contribution in [0.25, 0.3) is 11.3 Å². The number of nitrogens with zero attached hydrogens (tertiary/aromatic N) is 2. The van der Waals surface area contributed by atoms with Crippen LogP contribution >= 0.6 is 23.2 Å². The van der Waals surface area contributed by atoms with Gasteiger partial charge in [0.2, 0.25) is 0 Å². The molecule has 1 aliphatic rings. The van der Waals surface area contributed by atoms with Gasteiger partial charge in [-0.25, -0.2) is 0 Å². The van der Waals surface area contributed by atoms with E-state index >= 15 is 0 Å². The highest BCUT2D eigenvalue weighted by molar-refractivity contribution is 6.34. The zero-order chi connectivity index (χ0) is 25.7. The first kappa shape index (κ1) is 26.0. The van der Waals surface area contributed by atoms with Gasteiger partial charge in [-0.15, -0.1) is 0 Å². The molecule has 1 amide bonds. The second-order valence-corrected chi connectivity index (χ2v) is 9.29. The lowest BCUT2D eigenvalue weighted by molar-refractivity contribution is -0.140. The lowest BCUT2D eigenvalue weighted by Crippen LogP contribution is -2.36. The van der Waals surface area contributed by atoms with Crippen molar-refractivity contribution in [3.8, 4) is 11.3 Å². The number of morpholine rings is 1. The maximum absolute atomic E-state index is 12.7. The normalized spacial score (nSPS) is 14.5. The fourth-order valence-corrected chi connectivity index (χ4v) is 4.27. The zero-order valence-corrected chi connectivity index (χ0v) is 21.1. The van der Waals surface area contributed by atoms with Crippen molar-refractivity contribution in [3.63, 3.8) is 0 Å². The van der Waals surface area contributed by atoms with Gasteiger partial charge in [0.1, 0.15) is 0 Å². The summed E-state index contributed by atoms with van der Waals surface area (Å²) >= 11 is 12.9. The van der Waals surface area contributed by atoms with Gasteiger partial charge in [0.05, 0.1) is 40.6 Å². The quantitative estimate of drug-likeness (QED) is 0.367. The van der Waals surface area contributed by atoms with Crippen LogP contribution in [0.5, 0.6) is 0 Å². The molecule has 1 fully saturated rings. The van der Waals surface area contributed by atoms with Crippen LogP contribution in [-0.2, 0) is 16.1 Å². The number of ether oxygens (including phenoxy) is 1. The smallest absolute Gasteiger partial charge is 0.307 e. The van der Waals surface area contributed by atoms with Gasteiger partial charge in [-0.3, -0.25) is 9.59 Å². The summed E-state index contributed by atoms with van der Waals surface area (Å²) in [6.07, 6.45) is 0. The molecule has 0 saturated carbocycles. The van der Waals surface area contributed by atoms with E-state index in [-0.39, 0.29) is 5.69 Å². The maximum Gasteiger partial charge on any atom is 0.307 e. The van der Waals surface area contributed by atoms with Crippen LogP contribution in [0.1, 0.15) is 23.0 Å². The molecule has 3 N–H and O–H groups in total. The topological polar surface area (TPSA) is 117 Å². The zero-order valence-electron chi connectivity index (χ0n) is 19.6. The second-order valence-electron chi connectivity index (χ2n) is 8.48. The van der Waals surface area contributed by atoms with E-state index in [9.17, 15) is 9.59 Å². The Morgan fingerprint density at radius 2 is 1.89 bits per heavy atom. The standard InChI is InChI=1S/C25H26Cl2N4O5/c1-15(25(33)34)13-28-14-16-2-4-20(18(26)10-16)29-24(32)21-12-23(36-30-21)17-3-5-22(19(27)11-17)31-6-8-35-9-7-31/h2-5,10-12,15,28H,6-9,13-14H2,1H3,(H,29,32)(H,33,34). The number of aliphatic carboxylic acids is 1. The molecule has 1 aliphatic heterocycles. The average Bonchev–Trinajstić information content (AvgIpc) is 3.36. The number of halogens is 2. The van der Waals surface area contributed by atoms with Gasteiger partial charge in [0, 0.05) is 37.8 Å². The maximum atomic E-state index is 12.7. The number of rotatable bonds is 9. The highest BCUT2D eigenvalue weighted by Crippen LogP contribution is 2.32. The summed E-state index contributed by atoms with van der Waals surface area (Å²) < 4.78 is 10.8. The van der Waals surface area contributed by atoms with Gasteiger partial charge >= 0.3 is 5.97 Å². The summed E-state index contributed by atoms with van der Waals surface area (Å²) in [6, 6.07) is 12.3. The molecule has 36 heavy (non-hydrogen) atoms. The number of carboxylic acids is 1. The molecule has 1 unspecified atom stereocenters. The van der Waals surface area contributed by atoms with Gasteiger partial charge in [0.25, 0.3) is 5.91 Å². The summed E-state index contributed by atoms with van der Waals surface area (Å²) in [4.78, 5) is 25.8. The number of hydrogen-bond acceptors (Lipinski definition) is 7. The minimum Gasteiger partial charge on any atom is -0.481 e. The number of aromatic nitrogens is 1. The summed E-state index contributed by atoms with van der Waals surface area (Å²) in [5.74, 6) is -1.41. The number of amides is 1. The summed E-state index contributed by atoms with van der Waals surface area (Å²) in [6.45, 7) is 5.28. The van der Waals surface area contributed by atoms with Crippen LogP contribution in [-0.4, -0.2) is 55.0 Å². The number of carbonyl (C=O) groups excluding carboxylic acids is 1. The van der Waals surface area contributed by atoms with E-state index in [1.54, 1.807) is 37.3 Å².